The number of benzene rings is 2. The Morgan fingerprint density at radius 3 is 2.04 bits per heavy atom. The summed E-state index contributed by atoms with van der Waals surface area (Å²) in [5.74, 6) is 2.60. The maximum atomic E-state index is 5.63. The fourth-order valence-corrected chi connectivity index (χ4v) is 3.06. The monoisotopic (exact) mass is 369 g/mol. The first-order chi connectivity index (χ1) is 13.2. The molecule has 0 aliphatic heterocycles. The Morgan fingerprint density at radius 2 is 1.48 bits per heavy atom. The summed E-state index contributed by atoms with van der Waals surface area (Å²) in [5.41, 5.74) is 3.69. The van der Waals surface area contributed by atoms with Gasteiger partial charge in [0, 0.05) is 11.1 Å². The fraction of sp³-hybridized carbons (Fsp3) is 0.286. The SMILES string of the molecule is CCc1ccc(-c2oncc2-c2cc(OC)c(OC)c(OC)c2OC)cc1. The highest BCUT2D eigenvalue weighted by Crippen LogP contribution is 2.51. The zero-order valence-corrected chi connectivity index (χ0v) is 16.2. The predicted molar refractivity (Wildman–Crippen MR) is 103 cm³/mol. The van der Waals surface area contributed by atoms with Gasteiger partial charge in [-0.3, -0.25) is 0 Å². The molecule has 1 heterocycles. The van der Waals surface area contributed by atoms with Gasteiger partial charge in [-0.05, 0) is 18.1 Å². The van der Waals surface area contributed by atoms with E-state index in [1.54, 1.807) is 34.6 Å². The van der Waals surface area contributed by atoms with Crippen LogP contribution in [-0.4, -0.2) is 33.6 Å². The van der Waals surface area contributed by atoms with Gasteiger partial charge in [-0.25, -0.2) is 0 Å². The topological polar surface area (TPSA) is 63.0 Å². The first kappa shape index (κ1) is 18.6. The van der Waals surface area contributed by atoms with Crippen LogP contribution >= 0.6 is 0 Å². The molecule has 0 saturated heterocycles. The van der Waals surface area contributed by atoms with Crippen molar-refractivity contribution in [1.82, 2.24) is 5.16 Å². The van der Waals surface area contributed by atoms with Crippen molar-refractivity contribution >= 4 is 0 Å². The third-order valence-corrected chi connectivity index (χ3v) is 4.47. The molecule has 0 spiro atoms. The van der Waals surface area contributed by atoms with E-state index in [4.69, 9.17) is 23.5 Å². The third-order valence-electron chi connectivity index (χ3n) is 4.47. The minimum atomic E-state index is 0.447. The van der Waals surface area contributed by atoms with Crippen molar-refractivity contribution < 1.29 is 23.5 Å². The number of methoxy groups -OCH3 is 4. The summed E-state index contributed by atoms with van der Waals surface area (Å²) in [6, 6.07) is 10.0. The average molecular weight is 369 g/mol. The molecule has 0 atom stereocenters. The number of nitrogens with zero attached hydrogens (tertiary/aromatic N) is 1. The lowest BCUT2D eigenvalue weighted by Crippen LogP contribution is -2.00. The van der Waals surface area contributed by atoms with Gasteiger partial charge in [0.15, 0.2) is 17.3 Å². The molecule has 27 heavy (non-hydrogen) atoms. The zero-order valence-electron chi connectivity index (χ0n) is 16.2. The lowest BCUT2D eigenvalue weighted by molar-refractivity contribution is 0.306. The summed E-state index contributed by atoms with van der Waals surface area (Å²) in [6.45, 7) is 2.12. The molecule has 3 rings (SSSR count). The van der Waals surface area contributed by atoms with Crippen LogP contribution in [0.3, 0.4) is 0 Å². The van der Waals surface area contributed by atoms with Crippen molar-refractivity contribution in [2.24, 2.45) is 0 Å². The van der Waals surface area contributed by atoms with Crippen LogP contribution in [0.2, 0.25) is 0 Å². The lowest BCUT2D eigenvalue weighted by atomic mass is 9.99. The molecular formula is C21H23NO5. The summed E-state index contributed by atoms with van der Waals surface area (Å²) in [7, 11) is 6.27. The molecule has 142 valence electrons. The highest BCUT2D eigenvalue weighted by Gasteiger charge is 2.25. The quantitative estimate of drug-likeness (QED) is 0.606. The fourth-order valence-electron chi connectivity index (χ4n) is 3.06. The molecule has 6 heteroatoms. The molecule has 0 radical (unpaired) electrons. The molecule has 6 nitrogen and oxygen atoms in total. The van der Waals surface area contributed by atoms with Gasteiger partial charge in [-0.1, -0.05) is 36.3 Å². The van der Waals surface area contributed by atoms with E-state index in [1.165, 1.54) is 5.56 Å². The Bertz CT molecular complexity index is 915. The zero-order chi connectivity index (χ0) is 19.4. The molecule has 0 fully saturated rings. The van der Waals surface area contributed by atoms with Crippen molar-refractivity contribution in [2.75, 3.05) is 28.4 Å². The number of aryl methyl sites for hydroxylation is 1. The molecule has 0 amide bonds. The van der Waals surface area contributed by atoms with E-state index in [0.717, 1.165) is 23.1 Å². The molecule has 0 saturated carbocycles. The van der Waals surface area contributed by atoms with E-state index in [2.05, 4.69) is 24.2 Å². The largest absolute Gasteiger partial charge is 0.493 e. The standard InChI is InChI=1S/C21H23NO5/c1-6-13-7-9-14(10-8-13)18-16(12-22-27-18)15-11-17(23-2)20(25-4)21(26-5)19(15)24-3/h7-12H,6H2,1-5H3. The number of hydrogen-bond donors (Lipinski definition) is 0. The lowest BCUT2D eigenvalue weighted by Gasteiger charge is -2.18. The van der Waals surface area contributed by atoms with E-state index < -0.39 is 0 Å². The predicted octanol–water partition coefficient (Wildman–Crippen LogP) is 4.61. The van der Waals surface area contributed by atoms with Crippen molar-refractivity contribution in [2.45, 2.75) is 13.3 Å². The van der Waals surface area contributed by atoms with E-state index in [9.17, 15) is 0 Å². The maximum absolute atomic E-state index is 5.63. The number of aromatic nitrogens is 1. The Labute approximate surface area is 158 Å². The van der Waals surface area contributed by atoms with Gasteiger partial charge < -0.3 is 23.5 Å². The maximum Gasteiger partial charge on any atom is 0.207 e. The molecule has 0 N–H and O–H groups in total. The minimum Gasteiger partial charge on any atom is -0.493 e. The Hall–Kier alpha value is -3.15. The van der Waals surface area contributed by atoms with Crippen LogP contribution in [0.25, 0.3) is 22.5 Å². The molecule has 0 unspecified atom stereocenters. The van der Waals surface area contributed by atoms with E-state index in [-0.39, 0.29) is 0 Å². The normalized spacial score (nSPS) is 10.6. The summed E-state index contributed by atoms with van der Waals surface area (Å²) < 4.78 is 27.7. The second-order valence-electron chi connectivity index (χ2n) is 5.85. The Kier molecular flexibility index (Phi) is 5.54. The number of hydrogen-bond acceptors (Lipinski definition) is 6. The van der Waals surface area contributed by atoms with Crippen molar-refractivity contribution in [1.29, 1.82) is 0 Å². The highest BCUT2D eigenvalue weighted by molar-refractivity contribution is 5.86. The van der Waals surface area contributed by atoms with Crippen molar-refractivity contribution in [3.05, 3.63) is 42.1 Å². The van der Waals surface area contributed by atoms with Crippen LogP contribution < -0.4 is 18.9 Å². The Balaban J connectivity index is 2.21. The van der Waals surface area contributed by atoms with Gasteiger partial charge in [-0.2, -0.15) is 0 Å². The second-order valence-corrected chi connectivity index (χ2v) is 5.85. The first-order valence-corrected chi connectivity index (χ1v) is 8.59. The minimum absolute atomic E-state index is 0.447. The molecular weight excluding hydrogens is 346 g/mol. The summed E-state index contributed by atoms with van der Waals surface area (Å²) in [5, 5.41) is 4.00. The van der Waals surface area contributed by atoms with Gasteiger partial charge in [0.05, 0.1) is 40.2 Å². The van der Waals surface area contributed by atoms with Crippen LogP contribution in [0.5, 0.6) is 23.0 Å². The molecule has 0 aliphatic rings. The Morgan fingerprint density at radius 1 is 0.815 bits per heavy atom. The van der Waals surface area contributed by atoms with Crippen LogP contribution in [0.4, 0.5) is 0 Å². The van der Waals surface area contributed by atoms with E-state index in [1.807, 2.05) is 18.2 Å². The van der Waals surface area contributed by atoms with Crippen molar-refractivity contribution in [3.63, 3.8) is 0 Å². The first-order valence-electron chi connectivity index (χ1n) is 8.59. The summed E-state index contributed by atoms with van der Waals surface area (Å²) >= 11 is 0. The highest BCUT2D eigenvalue weighted by atomic mass is 16.5. The van der Waals surface area contributed by atoms with Gasteiger partial charge >= 0.3 is 0 Å². The van der Waals surface area contributed by atoms with Gasteiger partial charge in [0.25, 0.3) is 0 Å². The molecule has 3 aromatic rings. The van der Waals surface area contributed by atoms with E-state index in [0.29, 0.717) is 28.8 Å². The average Bonchev–Trinajstić information content (AvgIpc) is 3.21. The van der Waals surface area contributed by atoms with Crippen molar-refractivity contribution in [3.8, 4) is 45.4 Å². The van der Waals surface area contributed by atoms with Gasteiger partial charge in [0.2, 0.25) is 11.5 Å². The van der Waals surface area contributed by atoms with Crippen LogP contribution in [-0.2, 0) is 6.42 Å². The van der Waals surface area contributed by atoms with Crippen LogP contribution in [0.15, 0.2) is 41.1 Å². The summed E-state index contributed by atoms with van der Waals surface area (Å²) in [4.78, 5) is 0. The number of ether oxygens (including phenoxy) is 4. The molecule has 2 aromatic carbocycles. The second kappa shape index (κ2) is 8.03. The number of rotatable bonds is 7. The third kappa shape index (κ3) is 3.30. The smallest absolute Gasteiger partial charge is 0.207 e. The van der Waals surface area contributed by atoms with E-state index >= 15 is 0 Å². The van der Waals surface area contributed by atoms with Gasteiger partial charge in [0.1, 0.15) is 0 Å². The van der Waals surface area contributed by atoms with Crippen LogP contribution in [0, 0.1) is 0 Å². The summed E-state index contributed by atoms with van der Waals surface area (Å²) in [6.07, 6.45) is 2.64. The van der Waals surface area contributed by atoms with Crippen LogP contribution in [0.1, 0.15) is 12.5 Å². The molecule has 1 aromatic heterocycles. The molecule has 0 bridgehead atoms. The molecule has 0 aliphatic carbocycles. The van der Waals surface area contributed by atoms with Gasteiger partial charge in [-0.15, -0.1) is 0 Å².